The summed E-state index contributed by atoms with van der Waals surface area (Å²) >= 11 is 0. The van der Waals surface area contributed by atoms with Gasteiger partial charge >= 0.3 is 0 Å². The first-order valence-corrected chi connectivity index (χ1v) is 11.8. The van der Waals surface area contributed by atoms with Crippen molar-refractivity contribution in [3.05, 3.63) is 89.0 Å². The minimum atomic E-state index is -0.940. The normalized spacial score (nSPS) is 30.1. The molecule has 3 aromatic rings. The lowest BCUT2D eigenvalue weighted by Crippen LogP contribution is -2.41. The Morgan fingerprint density at radius 1 is 1.09 bits per heavy atom. The van der Waals surface area contributed by atoms with Crippen LogP contribution in [0.5, 0.6) is 5.75 Å². The van der Waals surface area contributed by atoms with E-state index in [1.807, 2.05) is 43.4 Å². The minimum Gasteiger partial charge on any atom is -0.486 e. The van der Waals surface area contributed by atoms with E-state index in [9.17, 15) is 5.26 Å². The van der Waals surface area contributed by atoms with Crippen molar-refractivity contribution in [1.82, 2.24) is 5.06 Å². The molecule has 2 unspecified atom stereocenters. The molecule has 0 saturated heterocycles. The summed E-state index contributed by atoms with van der Waals surface area (Å²) in [7, 11) is 1.81. The number of nitrogens with two attached hydrogens (primary N) is 1. The Kier molecular flexibility index (Phi) is 3.82. The quantitative estimate of drug-likeness (QED) is 0.595. The first-order chi connectivity index (χ1) is 16.6. The fourth-order valence-corrected chi connectivity index (χ4v) is 6.50. The molecule has 2 aliphatic carbocycles. The average molecular weight is 449 g/mol. The third-order valence-corrected chi connectivity index (χ3v) is 7.97. The topological polar surface area (TPSA) is 83.9 Å². The van der Waals surface area contributed by atoms with Gasteiger partial charge in [-0.3, -0.25) is 0 Å². The molecule has 0 bridgehead atoms. The molecule has 2 N–H and O–H groups in total. The van der Waals surface area contributed by atoms with E-state index in [0.717, 1.165) is 41.7 Å². The predicted octanol–water partition coefficient (Wildman–Crippen LogP) is 4.45. The fraction of sp³-hybridized carbons (Fsp3) is 0.286. The Morgan fingerprint density at radius 3 is 2.76 bits per heavy atom. The van der Waals surface area contributed by atoms with Gasteiger partial charge in [0.05, 0.1) is 23.1 Å². The maximum Gasteiger partial charge on any atom is 0.225 e. The van der Waals surface area contributed by atoms with Crippen LogP contribution < -0.4 is 10.5 Å². The molecule has 0 aromatic heterocycles. The zero-order valence-corrected chi connectivity index (χ0v) is 18.9. The number of rotatable bonds is 1. The van der Waals surface area contributed by atoms with Gasteiger partial charge in [0.2, 0.25) is 11.7 Å². The van der Waals surface area contributed by atoms with Crippen molar-refractivity contribution < 1.29 is 9.57 Å². The summed E-state index contributed by atoms with van der Waals surface area (Å²) in [6.07, 6.45) is 3.07. The third-order valence-electron chi connectivity index (χ3n) is 7.97. The summed E-state index contributed by atoms with van der Waals surface area (Å²) in [5.41, 5.74) is 11.2. The monoisotopic (exact) mass is 448 g/mol. The summed E-state index contributed by atoms with van der Waals surface area (Å²) in [6, 6.07) is 24.7. The van der Waals surface area contributed by atoms with E-state index in [-0.39, 0.29) is 17.4 Å². The maximum atomic E-state index is 9.36. The molecule has 0 radical (unpaired) electrons. The molecule has 168 valence electrons. The van der Waals surface area contributed by atoms with Gasteiger partial charge in [0.25, 0.3) is 0 Å². The number of hydrogen-bond donors (Lipinski definition) is 1. The molecule has 4 atom stereocenters. The Balaban J connectivity index is 1.42. The smallest absolute Gasteiger partial charge is 0.225 e. The van der Waals surface area contributed by atoms with Crippen molar-refractivity contribution in [3.8, 4) is 22.9 Å². The van der Waals surface area contributed by atoms with Gasteiger partial charge in [0, 0.05) is 13.0 Å². The van der Waals surface area contributed by atoms with Crippen molar-refractivity contribution in [1.29, 1.82) is 5.26 Å². The number of nitriles is 1. The van der Waals surface area contributed by atoms with E-state index in [2.05, 4.69) is 36.4 Å². The van der Waals surface area contributed by atoms with E-state index in [4.69, 9.17) is 20.3 Å². The van der Waals surface area contributed by atoms with Crippen molar-refractivity contribution in [2.45, 2.75) is 36.5 Å². The van der Waals surface area contributed by atoms with E-state index < -0.39 is 5.72 Å². The van der Waals surface area contributed by atoms with Gasteiger partial charge < -0.3 is 10.5 Å². The molecule has 6 nitrogen and oxygen atoms in total. The van der Waals surface area contributed by atoms with Gasteiger partial charge in [-0.2, -0.15) is 5.26 Å². The van der Waals surface area contributed by atoms with Crippen LogP contribution in [0.15, 0.2) is 71.7 Å². The van der Waals surface area contributed by atoms with Crippen molar-refractivity contribution in [2.24, 2.45) is 16.6 Å². The SMILES string of the molecule is CN1O[C@]2(N=C1N)c1cc(-c3cccc(C#N)c3)ccc1O[C@]13CCCc4ccccc4C1C32. The largest absolute Gasteiger partial charge is 0.486 e. The Hall–Kier alpha value is -3.82. The summed E-state index contributed by atoms with van der Waals surface area (Å²) in [5.74, 6) is 1.38. The summed E-state index contributed by atoms with van der Waals surface area (Å²) < 4.78 is 6.87. The Morgan fingerprint density at radius 2 is 1.94 bits per heavy atom. The number of fused-ring (bicyclic) bond motifs is 6. The molecule has 2 aliphatic heterocycles. The maximum absolute atomic E-state index is 9.36. The zero-order chi connectivity index (χ0) is 23.1. The highest BCUT2D eigenvalue weighted by molar-refractivity contribution is 5.80. The van der Waals surface area contributed by atoms with Crippen LogP contribution in [0.2, 0.25) is 0 Å². The highest BCUT2D eigenvalue weighted by Crippen LogP contribution is 2.74. The zero-order valence-electron chi connectivity index (χ0n) is 18.9. The standard InChI is InChI=1S/C28H24N4O2/c1-32-26(30)31-28(34-32)22-15-20(19-8-4-6-17(14-19)16-29)11-12-23(22)33-27-13-5-9-18-7-2-3-10-21(18)24(27)25(27)28/h2-4,6-8,10-12,14-15,24-25H,5,9,13H2,1H3,(H2,30,31)/t24?,25?,27-,28-/m1/s1. The minimum absolute atomic E-state index is 0.0261. The predicted molar refractivity (Wildman–Crippen MR) is 128 cm³/mol. The van der Waals surface area contributed by atoms with Gasteiger partial charge in [0.15, 0.2) is 0 Å². The lowest BCUT2D eigenvalue weighted by Gasteiger charge is -2.36. The van der Waals surface area contributed by atoms with E-state index in [1.54, 1.807) is 5.06 Å². The van der Waals surface area contributed by atoms with Crippen LogP contribution >= 0.6 is 0 Å². The molecule has 1 fully saturated rings. The van der Waals surface area contributed by atoms with Gasteiger partial charge in [0.1, 0.15) is 11.4 Å². The highest BCUT2D eigenvalue weighted by Gasteiger charge is 2.80. The van der Waals surface area contributed by atoms with Crippen molar-refractivity contribution in [3.63, 3.8) is 0 Å². The fourth-order valence-electron chi connectivity index (χ4n) is 6.50. The number of benzene rings is 3. The molecular formula is C28H24N4O2. The number of nitrogens with zero attached hydrogens (tertiary/aromatic N) is 3. The number of hydrogen-bond acceptors (Lipinski definition) is 6. The molecule has 2 spiro atoms. The van der Waals surface area contributed by atoms with Gasteiger partial charge in [-0.15, -0.1) is 0 Å². The highest BCUT2D eigenvalue weighted by atomic mass is 16.7. The van der Waals surface area contributed by atoms with Crippen LogP contribution in [0.3, 0.4) is 0 Å². The number of aryl methyl sites for hydroxylation is 1. The Labute approximate surface area is 198 Å². The van der Waals surface area contributed by atoms with Gasteiger partial charge in [-0.1, -0.05) is 42.5 Å². The molecule has 7 rings (SSSR count). The van der Waals surface area contributed by atoms with Crippen LogP contribution in [0.4, 0.5) is 0 Å². The van der Waals surface area contributed by atoms with Gasteiger partial charge in [-0.05, 0) is 65.8 Å². The van der Waals surface area contributed by atoms with Crippen LogP contribution in [0.25, 0.3) is 11.1 Å². The number of ether oxygens (including phenoxy) is 1. The molecule has 0 amide bonds. The molecular weight excluding hydrogens is 424 g/mol. The molecule has 3 aromatic carbocycles. The molecule has 1 saturated carbocycles. The second-order valence-corrected chi connectivity index (χ2v) is 9.72. The van der Waals surface area contributed by atoms with Crippen molar-refractivity contribution in [2.75, 3.05) is 7.05 Å². The third kappa shape index (κ3) is 2.45. The lowest BCUT2D eigenvalue weighted by molar-refractivity contribution is -0.197. The Bertz CT molecular complexity index is 1430. The molecule has 6 heteroatoms. The van der Waals surface area contributed by atoms with Crippen LogP contribution in [0.1, 0.15) is 41.0 Å². The molecule has 34 heavy (non-hydrogen) atoms. The van der Waals surface area contributed by atoms with Crippen LogP contribution in [-0.2, 0) is 17.0 Å². The average Bonchev–Trinajstić information content (AvgIpc) is 3.46. The number of hydroxylamine groups is 2. The first-order valence-electron chi connectivity index (χ1n) is 11.8. The lowest BCUT2D eigenvalue weighted by atomic mass is 9.87. The second kappa shape index (κ2) is 6.62. The first kappa shape index (κ1) is 19.6. The molecule has 2 heterocycles. The van der Waals surface area contributed by atoms with Gasteiger partial charge in [-0.25, -0.2) is 14.9 Å². The van der Waals surface area contributed by atoms with Crippen LogP contribution in [-0.4, -0.2) is 23.7 Å². The van der Waals surface area contributed by atoms with Crippen molar-refractivity contribution >= 4 is 5.96 Å². The number of aliphatic imine (C=N–C) groups is 1. The van der Waals surface area contributed by atoms with E-state index in [1.165, 1.54) is 11.1 Å². The second-order valence-electron chi connectivity index (χ2n) is 9.72. The summed E-state index contributed by atoms with van der Waals surface area (Å²) in [4.78, 5) is 11.5. The molecule has 4 aliphatic rings. The summed E-state index contributed by atoms with van der Waals surface area (Å²) in [6.45, 7) is 0. The van der Waals surface area contributed by atoms with E-state index >= 15 is 0 Å². The summed E-state index contributed by atoms with van der Waals surface area (Å²) in [5, 5.41) is 10.9. The number of guanidine groups is 1. The van der Waals surface area contributed by atoms with E-state index in [0.29, 0.717) is 11.5 Å². The van der Waals surface area contributed by atoms with Crippen LogP contribution in [0, 0.1) is 17.2 Å².